The summed E-state index contributed by atoms with van der Waals surface area (Å²) < 4.78 is 11.1. The predicted molar refractivity (Wildman–Crippen MR) is 119 cm³/mol. The van der Waals surface area contributed by atoms with Gasteiger partial charge in [0.05, 0.1) is 35.8 Å². The average Bonchev–Trinajstić information content (AvgIpc) is 3.06. The number of allylic oxidation sites excluding steroid dienone is 1. The lowest BCUT2D eigenvalue weighted by Gasteiger charge is -2.33. The Kier molecular flexibility index (Phi) is 7.58. The normalized spacial score (nSPS) is 20.9. The fraction of sp³-hybridized carbons (Fsp3) is 0.522. The van der Waals surface area contributed by atoms with Crippen LogP contribution in [-0.4, -0.2) is 40.4 Å². The summed E-state index contributed by atoms with van der Waals surface area (Å²) in [4.78, 5) is 32.1. The number of amides is 1. The van der Waals surface area contributed by atoms with Crippen LogP contribution < -0.4 is 4.74 Å². The quantitative estimate of drug-likeness (QED) is 0.413. The number of amidine groups is 1. The van der Waals surface area contributed by atoms with Crippen molar-refractivity contribution in [2.45, 2.75) is 64.7 Å². The van der Waals surface area contributed by atoms with Gasteiger partial charge in [0.1, 0.15) is 5.75 Å². The third-order valence-corrected chi connectivity index (χ3v) is 6.55. The number of carbonyl (C=O) groups is 2. The van der Waals surface area contributed by atoms with E-state index in [4.69, 9.17) is 9.47 Å². The fourth-order valence-electron chi connectivity index (χ4n) is 3.66. The largest absolute Gasteiger partial charge is 0.494 e. The smallest absolute Gasteiger partial charge is 0.338 e. The highest BCUT2D eigenvalue weighted by Gasteiger charge is 2.47. The molecule has 7 heteroatoms. The van der Waals surface area contributed by atoms with Crippen molar-refractivity contribution < 1.29 is 19.1 Å². The van der Waals surface area contributed by atoms with E-state index in [1.54, 1.807) is 18.7 Å². The number of rotatable bonds is 9. The van der Waals surface area contributed by atoms with E-state index in [9.17, 15) is 9.59 Å². The summed E-state index contributed by atoms with van der Waals surface area (Å²) in [5.74, 6) is 0.340. The van der Waals surface area contributed by atoms with Gasteiger partial charge in [0.2, 0.25) is 5.91 Å². The molecule has 6 nitrogen and oxygen atoms in total. The molecule has 1 aromatic rings. The van der Waals surface area contributed by atoms with Gasteiger partial charge in [-0.3, -0.25) is 9.69 Å². The number of hydrogen-bond donors (Lipinski definition) is 0. The zero-order chi connectivity index (χ0) is 21.7. The highest BCUT2D eigenvalue weighted by molar-refractivity contribution is 8.15. The molecule has 0 unspecified atom stereocenters. The predicted octanol–water partition coefficient (Wildman–Crippen LogP) is 4.86. The number of thioether (sulfide) groups is 1. The Morgan fingerprint density at radius 1 is 1.17 bits per heavy atom. The second-order valence-electron chi connectivity index (χ2n) is 7.36. The molecule has 1 fully saturated rings. The Bertz CT molecular complexity index is 847. The van der Waals surface area contributed by atoms with Crippen molar-refractivity contribution in [3.05, 3.63) is 41.1 Å². The van der Waals surface area contributed by atoms with Gasteiger partial charge < -0.3 is 9.47 Å². The summed E-state index contributed by atoms with van der Waals surface area (Å²) in [5.41, 5.74) is 1.86. The molecule has 2 heterocycles. The topological polar surface area (TPSA) is 68.2 Å². The Morgan fingerprint density at radius 2 is 1.90 bits per heavy atom. The highest BCUT2D eigenvalue weighted by atomic mass is 32.2. The minimum absolute atomic E-state index is 0.0135. The van der Waals surface area contributed by atoms with Crippen LogP contribution >= 0.6 is 11.8 Å². The van der Waals surface area contributed by atoms with E-state index in [1.807, 2.05) is 31.2 Å². The van der Waals surface area contributed by atoms with E-state index in [2.05, 4.69) is 11.9 Å². The summed E-state index contributed by atoms with van der Waals surface area (Å²) in [6.45, 7) is 8.67. The number of fused-ring (bicyclic) bond motifs is 1. The zero-order valence-corrected chi connectivity index (χ0v) is 19.0. The third-order valence-electron chi connectivity index (χ3n) is 5.23. The van der Waals surface area contributed by atoms with E-state index >= 15 is 0 Å². The molecule has 3 rings (SSSR count). The van der Waals surface area contributed by atoms with Gasteiger partial charge in [0.25, 0.3) is 0 Å². The van der Waals surface area contributed by atoms with Gasteiger partial charge in [0.15, 0.2) is 5.17 Å². The summed E-state index contributed by atoms with van der Waals surface area (Å²) in [6, 6.07) is 7.10. The van der Waals surface area contributed by atoms with Gasteiger partial charge >= 0.3 is 5.97 Å². The first kappa shape index (κ1) is 22.4. The van der Waals surface area contributed by atoms with Gasteiger partial charge in [0, 0.05) is 0 Å². The maximum absolute atomic E-state index is 13.1. The number of esters is 1. The number of hydrogen-bond acceptors (Lipinski definition) is 6. The summed E-state index contributed by atoms with van der Waals surface area (Å²) in [7, 11) is 0. The number of benzene rings is 1. The van der Waals surface area contributed by atoms with Gasteiger partial charge in [-0.15, -0.1) is 0 Å². The van der Waals surface area contributed by atoms with Crippen molar-refractivity contribution in [1.29, 1.82) is 0 Å². The Balaban J connectivity index is 1.92. The lowest BCUT2D eigenvalue weighted by molar-refractivity contribution is -0.139. The lowest BCUT2D eigenvalue weighted by Crippen LogP contribution is -2.40. The van der Waals surface area contributed by atoms with E-state index < -0.39 is 12.0 Å². The van der Waals surface area contributed by atoms with Crippen LogP contribution in [0.15, 0.2) is 40.5 Å². The molecule has 2 atom stereocenters. The molecular weight excluding hydrogens is 400 g/mol. The monoisotopic (exact) mass is 430 g/mol. The lowest BCUT2D eigenvalue weighted by atomic mass is 9.94. The average molecular weight is 431 g/mol. The van der Waals surface area contributed by atoms with Crippen molar-refractivity contribution in [1.82, 2.24) is 4.90 Å². The first-order chi connectivity index (χ1) is 14.5. The SMILES string of the molecule is CCCCCOc1ccc([C@@H]2C(C(=O)OCC)=C(C)N=C3S[C@H](CC)C(=O)N32)cc1. The molecule has 0 saturated carbocycles. The second kappa shape index (κ2) is 10.2. The van der Waals surface area contributed by atoms with E-state index in [0.29, 0.717) is 29.5 Å². The van der Waals surface area contributed by atoms with Crippen LogP contribution in [0.1, 0.15) is 65.0 Å². The van der Waals surface area contributed by atoms with Crippen molar-refractivity contribution in [2.75, 3.05) is 13.2 Å². The number of ether oxygens (including phenoxy) is 2. The summed E-state index contributed by atoms with van der Waals surface area (Å²) >= 11 is 1.47. The minimum atomic E-state index is -0.540. The molecule has 1 aromatic carbocycles. The molecule has 0 N–H and O–H groups in total. The highest BCUT2D eigenvalue weighted by Crippen LogP contribution is 2.44. The number of aliphatic imine (C=N–C) groups is 1. The maximum Gasteiger partial charge on any atom is 0.338 e. The molecule has 1 amide bonds. The number of nitrogens with zero attached hydrogens (tertiary/aromatic N) is 2. The van der Waals surface area contributed by atoms with E-state index in [1.165, 1.54) is 11.8 Å². The van der Waals surface area contributed by atoms with Crippen LogP contribution in [0.3, 0.4) is 0 Å². The molecule has 0 aliphatic carbocycles. The molecule has 0 radical (unpaired) electrons. The number of unbranched alkanes of at least 4 members (excludes halogenated alkanes) is 2. The first-order valence-electron chi connectivity index (χ1n) is 10.7. The van der Waals surface area contributed by atoms with Crippen LogP contribution in [-0.2, 0) is 14.3 Å². The van der Waals surface area contributed by atoms with E-state index in [0.717, 1.165) is 30.6 Å². The standard InChI is InChI=1S/C23H30N2O4S/c1-5-8-9-14-29-17-12-10-16(11-13-17)20-19(22(27)28-7-3)15(4)24-23-25(20)21(26)18(6-2)30-23/h10-13,18,20H,5-9,14H2,1-4H3/t18-,20-/m1/s1. The molecule has 0 spiro atoms. The molecule has 2 aliphatic heterocycles. The maximum atomic E-state index is 13.1. The minimum Gasteiger partial charge on any atom is -0.494 e. The molecular formula is C23H30N2O4S. The molecule has 0 bridgehead atoms. The van der Waals surface area contributed by atoms with Crippen molar-refractivity contribution in [3.63, 3.8) is 0 Å². The van der Waals surface area contributed by atoms with Crippen LogP contribution in [0.25, 0.3) is 0 Å². The fourth-order valence-corrected chi connectivity index (χ4v) is 4.80. The molecule has 1 saturated heterocycles. The van der Waals surface area contributed by atoms with Gasteiger partial charge in [-0.2, -0.15) is 0 Å². The second-order valence-corrected chi connectivity index (χ2v) is 8.53. The summed E-state index contributed by atoms with van der Waals surface area (Å²) in [6.07, 6.45) is 4.02. The zero-order valence-electron chi connectivity index (χ0n) is 18.1. The van der Waals surface area contributed by atoms with Crippen molar-refractivity contribution in [2.24, 2.45) is 4.99 Å². The molecule has 162 valence electrons. The van der Waals surface area contributed by atoms with Crippen molar-refractivity contribution >= 4 is 28.8 Å². The molecule has 30 heavy (non-hydrogen) atoms. The summed E-state index contributed by atoms with van der Waals surface area (Å²) in [5, 5.41) is 0.476. The van der Waals surface area contributed by atoms with Crippen LogP contribution in [0.5, 0.6) is 5.75 Å². The first-order valence-corrected chi connectivity index (χ1v) is 11.6. The Hall–Kier alpha value is -2.28. The van der Waals surface area contributed by atoms with Gasteiger partial charge in [-0.1, -0.05) is 50.6 Å². The molecule has 2 aliphatic rings. The van der Waals surface area contributed by atoms with Gasteiger partial charge in [-0.05, 0) is 44.4 Å². The van der Waals surface area contributed by atoms with Crippen LogP contribution in [0, 0.1) is 0 Å². The Morgan fingerprint density at radius 3 is 2.53 bits per heavy atom. The van der Waals surface area contributed by atoms with Crippen molar-refractivity contribution in [3.8, 4) is 5.75 Å². The van der Waals surface area contributed by atoms with Crippen LogP contribution in [0.2, 0.25) is 0 Å². The number of carbonyl (C=O) groups excluding carboxylic acids is 2. The van der Waals surface area contributed by atoms with Gasteiger partial charge in [-0.25, -0.2) is 9.79 Å². The molecule has 0 aromatic heterocycles. The third kappa shape index (κ3) is 4.56. The van der Waals surface area contributed by atoms with E-state index in [-0.39, 0.29) is 17.8 Å². The Labute approximate surface area is 182 Å². The van der Waals surface area contributed by atoms with Crippen LogP contribution in [0.4, 0.5) is 0 Å².